The fourth-order valence-corrected chi connectivity index (χ4v) is 2.24. The molecule has 0 rings (SSSR count). The Kier molecular flexibility index (Phi) is 13.3. The molecule has 0 unspecified atom stereocenters. The number of carbonyl (C=O) groups excluding carboxylic acids is 2. The number of esters is 2. The topological polar surface area (TPSA) is 52.6 Å². The molecular formula is C21H33FO4. The summed E-state index contributed by atoms with van der Waals surface area (Å²) in [6.07, 6.45) is 8.15. The number of allylic oxidation sites excluding steroid dienone is 2. The summed E-state index contributed by atoms with van der Waals surface area (Å²) in [5, 5.41) is 0. The smallest absolute Gasteiger partial charge is 0.312 e. The summed E-state index contributed by atoms with van der Waals surface area (Å²) in [4.78, 5) is 22.7. The SMILES string of the molecule is CCOC(=O)C(C)(C)CC#C/C=C(/F)CCCCCCCCC(=O)OC. The molecule has 0 aromatic carbocycles. The zero-order valence-electron chi connectivity index (χ0n) is 16.7. The van der Waals surface area contributed by atoms with Gasteiger partial charge in [0.05, 0.1) is 19.1 Å². The lowest BCUT2D eigenvalue weighted by molar-refractivity contribution is -0.153. The van der Waals surface area contributed by atoms with Crippen molar-refractivity contribution in [3.05, 3.63) is 11.9 Å². The third-order valence-electron chi connectivity index (χ3n) is 3.96. The van der Waals surface area contributed by atoms with Crippen LogP contribution >= 0.6 is 0 Å². The van der Waals surface area contributed by atoms with E-state index < -0.39 is 5.41 Å². The predicted molar refractivity (Wildman–Crippen MR) is 101 cm³/mol. The number of carbonyl (C=O) groups is 2. The second-order valence-corrected chi connectivity index (χ2v) is 6.89. The molecule has 0 bridgehead atoms. The molecule has 0 N–H and O–H groups in total. The number of hydrogen-bond donors (Lipinski definition) is 0. The number of rotatable bonds is 12. The maximum absolute atomic E-state index is 13.7. The van der Waals surface area contributed by atoms with E-state index in [2.05, 4.69) is 16.6 Å². The van der Waals surface area contributed by atoms with Gasteiger partial charge in [-0.2, -0.15) is 0 Å². The molecule has 4 nitrogen and oxygen atoms in total. The zero-order valence-corrected chi connectivity index (χ0v) is 16.7. The van der Waals surface area contributed by atoms with E-state index >= 15 is 0 Å². The van der Waals surface area contributed by atoms with Gasteiger partial charge in [-0.1, -0.05) is 37.5 Å². The van der Waals surface area contributed by atoms with Gasteiger partial charge in [0, 0.05) is 18.9 Å². The normalized spacial score (nSPS) is 11.5. The summed E-state index contributed by atoms with van der Waals surface area (Å²) in [5.74, 6) is 4.84. The Balaban J connectivity index is 3.86. The van der Waals surface area contributed by atoms with Gasteiger partial charge in [-0.25, -0.2) is 4.39 Å². The number of unbranched alkanes of at least 4 members (excludes halogenated alkanes) is 5. The van der Waals surface area contributed by atoms with Crippen LogP contribution in [0.1, 0.15) is 78.6 Å². The van der Waals surface area contributed by atoms with E-state index in [-0.39, 0.29) is 17.8 Å². The molecule has 0 spiro atoms. The van der Waals surface area contributed by atoms with Crippen molar-refractivity contribution in [2.24, 2.45) is 5.41 Å². The molecule has 0 aromatic rings. The van der Waals surface area contributed by atoms with Crippen LogP contribution in [-0.2, 0) is 19.1 Å². The van der Waals surface area contributed by atoms with E-state index in [1.807, 2.05) is 0 Å². The van der Waals surface area contributed by atoms with E-state index in [9.17, 15) is 14.0 Å². The number of halogens is 1. The van der Waals surface area contributed by atoms with Gasteiger partial charge in [0.2, 0.25) is 0 Å². The molecule has 0 amide bonds. The molecule has 0 aromatic heterocycles. The van der Waals surface area contributed by atoms with E-state index in [0.717, 1.165) is 38.5 Å². The van der Waals surface area contributed by atoms with Gasteiger partial charge in [0.25, 0.3) is 0 Å². The molecule has 0 saturated heterocycles. The highest BCUT2D eigenvalue weighted by molar-refractivity contribution is 5.76. The second kappa shape index (κ2) is 14.4. The summed E-state index contributed by atoms with van der Waals surface area (Å²) >= 11 is 0. The van der Waals surface area contributed by atoms with Gasteiger partial charge in [0.15, 0.2) is 0 Å². The highest BCUT2D eigenvalue weighted by Crippen LogP contribution is 2.21. The molecule has 0 fully saturated rings. The fourth-order valence-electron chi connectivity index (χ4n) is 2.24. The maximum Gasteiger partial charge on any atom is 0.312 e. The quantitative estimate of drug-likeness (QED) is 0.273. The van der Waals surface area contributed by atoms with Crippen LogP contribution in [0.25, 0.3) is 0 Å². The van der Waals surface area contributed by atoms with E-state index in [0.29, 0.717) is 25.9 Å². The van der Waals surface area contributed by atoms with Crippen molar-refractivity contribution in [2.45, 2.75) is 78.6 Å². The Labute approximate surface area is 157 Å². The molecule has 0 atom stereocenters. The highest BCUT2D eigenvalue weighted by atomic mass is 19.1. The molecule has 0 aliphatic carbocycles. The molecule has 0 aliphatic rings. The lowest BCUT2D eigenvalue weighted by atomic mass is 9.90. The Morgan fingerprint density at radius 1 is 1.04 bits per heavy atom. The van der Waals surface area contributed by atoms with Crippen molar-refractivity contribution >= 4 is 11.9 Å². The molecule has 148 valence electrons. The summed E-state index contributed by atoms with van der Waals surface area (Å²) in [7, 11) is 1.40. The molecular weight excluding hydrogens is 335 g/mol. The molecule has 0 radical (unpaired) electrons. The lowest BCUT2D eigenvalue weighted by Gasteiger charge is -2.18. The van der Waals surface area contributed by atoms with Gasteiger partial charge < -0.3 is 9.47 Å². The van der Waals surface area contributed by atoms with Crippen molar-refractivity contribution in [1.29, 1.82) is 0 Å². The molecule has 0 saturated carbocycles. The Hall–Kier alpha value is -1.83. The summed E-state index contributed by atoms with van der Waals surface area (Å²) in [5.41, 5.74) is -0.679. The summed E-state index contributed by atoms with van der Waals surface area (Å²) < 4.78 is 23.2. The number of ether oxygens (including phenoxy) is 2. The van der Waals surface area contributed by atoms with Gasteiger partial charge in [-0.15, -0.1) is 0 Å². The standard InChI is InChI=1S/C21H33FO4/c1-5-26-20(24)21(2,3)17-13-12-15-18(22)14-10-8-6-7-9-11-16-19(23)25-4/h15H,5-11,14,16-17H2,1-4H3/b18-15+. The largest absolute Gasteiger partial charge is 0.469 e. The molecule has 0 heterocycles. The van der Waals surface area contributed by atoms with Crippen molar-refractivity contribution < 1.29 is 23.5 Å². The first kappa shape index (κ1) is 24.2. The van der Waals surface area contributed by atoms with Crippen molar-refractivity contribution in [3.63, 3.8) is 0 Å². The fraction of sp³-hybridized carbons (Fsp3) is 0.714. The lowest BCUT2D eigenvalue weighted by Crippen LogP contribution is -2.26. The zero-order chi connectivity index (χ0) is 19.8. The van der Waals surface area contributed by atoms with Crippen molar-refractivity contribution in [1.82, 2.24) is 0 Å². The van der Waals surface area contributed by atoms with Crippen LogP contribution in [0.2, 0.25) is 0 Å². The molecule has 0 aliphatic heterocycles. The average Bonchev–Trinajstić information content (AvgIpc) is 2.60. The third kappa shape index (κ3) is 12.5. The van der Waals surface area contributed by atoms with E-state index in [1.54, 1.807) is 20.8 Å². The second-order valence-electron chi connectivity index (χ2n) is 6.89. The molecule has 26 heavy (non-hydrogen) atoms. The number of hydrogen-bond acceptors (Lipinski definition) is 4. The minimum Gasteiger partial charge on any atom is -0.469 e. The first-order chi connectivity index (χ1) is 12.3. The minimum absolute atomic E-state index is 0.163. The van der Waals surface area contributed by atoms with Gasteiger partial charge in [-0.3, -0.25) is 9.59 Å². The van der Waals surface area contributed by atoms with Crippen LogP contribution in [0, 0.1) is 17.3 Å². The Morgan fingerprint density at radius 3 is 2.19 bits per heavy atom. The van der Waals surface area contributed by atoms with E-state index in [4.69, 9.17) is 4.74 Å². The molecule has 5 heteroatoms. The van der Waals surface area contributed by atoms with Crippen LogP contribution in [0.5, 0.6) is 0 Å². The van der Waals surface area contributed by atoms with Crippen LogP contribution < -0.4 is 0 Å². The Morgan fingerprint density at radius 2 is 1.62 bits per heavy atom. The highest BCUT2D eigenvalue weighted by Gasteiger charge is 2.27. The predicted octanol–water partition coefficient (Wildman–Crippen LogP) is 5.12. The van der Waals surface area contributed by atoms with Crippen LogP contribution in [0.3, 0.4) is 0 Å². The Bertz CT molecular complexity index is 512. The average molecular weight is 368 g/mol. The van der Waals surface area contributed by atoms with Crippen LogP contribution in [-0.4, -0.2) is 25.7 Å². The van der Waals surface area contributed by atoms with Gasteiger partial charge in [-0.05, 0) is 40.0 Å². The van der Waals surface area contributed by atoms with Crippen molar-refractivity contribution in [3.8, 4) is 11.8 Å². The third-order valence-corrected chi connectivity index (χ3v) is 3.96. The van der Waals surface area contributed by atoms with Crippen molar-refractivity contribution in [2.75, 3.05) is 13.7 Å². The monoisotopic (exact) mass is 368 g/mol. The minimum atomic E-state index is -0.679. The van der Waals surface area contributed by atoms with Gasteiger partial charge in [0.1, 0.15) is 5.83 Å². The van der Waals surface area contributed by atoms with Gasteiger partial charge >= 0.3 is 11.9 Å². The number of methoxy groups -OCH3 is 1. The van der Waals surface area contributed by atoms with Crippen LogP contribution in [0.15, 0.2) is 11.9 Å². The van der Waals surface area contributed by atoms with E-state index in [1.165, 1.54) is 13.2 Å². The summed E-state index contributed by atoms with van der Waals surface area (Å²) in [6.45, 7) is 5.64. The first-order valence-corrected chi connectivity index (χ1v) is 9.40. The maximum atomic E-state index is 13.7. The van der Waals surface area contributed by atoms with Crippen LogP contribution in [0.4, 0.5) is 4.39 Å². The summed E-state index contributed by atoms with van der Waals surface area (Å²) in [6, 6.07) is 0. The first-order valence-electron chi connectivity index (χ1n) is 9.40.